The highest BCUT2D eigenvalue weighted by atomic mass is 35.5. The molecule has 1 aliphatic rings. The van der Waals surface area contributed by atoms with E-state index in [0.717, 1.165) is 25.9 Å². The fraction of sp³-hybridized carbons (Fsp3) is 0.467. The second-order valence-corrected chi connectivity index (χ2v) is 4.92. The first kappa shape index (κ1) is 12.7. The Hall–Kier alpha value is -0.790. The van der Waals surface area contributed by atoms with Crippen LogP contribution in [0.1, 0.15) is 37.0 Å². The van der Waals surface area contributed by atoms with Crippen LogP contribution in [0.15, 0.2) is 35.9 Å². The van der Waals surface area contributed by atoms with Gasteiger partial charge in [-0.3, -0.25) is 0 Å². The molecule has 0 fully saturated rings. The largest absolute Gasteiger partial charge is 0.373 e. The molecule has 92 valence electrons. The van der Waals surface area contributed by atoms with Crippen LogP contribution in [0, 0.1) is 0 Å². The molecule has 1 aliphatic heterocycles. The molecule has 1 nitrogen and oxygen atoms in total. The van der Waals surface area contributed by atoms with Crippen molar-refractivity contribution in [2.75, 3.05) is 12.5 Å². The van der Waals surface area contributed by atoms with Crippen molar-refractivity contribution >= 4 is 11.6 Å². The molecule has 1 heterocycles. The summed E-state index contributed by atoms with van der Waals surface area (Å²) in [6, 6.07) is 8.60. The number of allylic oxidation sites excluding steroid dienone is 1. The summed E-state index contributed by atoms with van der Waals surface area (Å²) >= 11 is 5.69. The molecule has 1 unspecified atom stereocenters. The van der Waals surface area contributed by atoms with Crippen molar-refractivity contribution in [3.05, 3.63) is 47.0 Å². The predicted octanol–water partition coefficient (Wildman–Crippen LogP) is 4.27. The Kier molecular flexibility index (Phi) is 4.64. The van der Waals surface area contributed by atoms with Crippen molar-refractivity contribution in [2.24, 2.45) is 0 Å². The first-order valence-electron chi connectivity index (χ1n) is 6.22. The number of alkyl halides is 1. The van der Waals surface area contributed by atoms with Gasteiger partial charge in [-0.1, -0.05) is 35.9 Å². The van der Waals surface area contributed by atoms with Crippen molar-refractivity contribution in [3.8, 4) is 0 Å². The normalized spacial score (nSPS) is 20.1. The zero-order chi connectivity index (χ0) is 12.1. The van der Waals surface area contributed by atoms with E-state index in [9.17, 15) is 0 Å². The maximum Gasteiger partial charge on any atom is 0.0864 e. The second kappa shape index (κ2) is 6.23. The molecule has 1 aromatic carbocycles. The van der Waals surface area contributed by atoms with Gasteiger partial charge in [0.1, 0.15) is 0 Å². The van der Waals surface area contributed by atoms with Gasteiger partial charge in [-0.05, 0) is 37.3 Å². The van der Waals surface area contributed by atoms with Crippen LogP contribution in [0.5, 0.6) is 0 Å². The smallest absolute Gasteiger partial charge is 0.0864 e. The maximum absolute atomic E-state index is 5.88. The molecular formula is C15H19ClO. The SMILES string of the molecule is CC(=CCCCl)CC1OCCc2ccccc21. The topological polar surface area (TPSA) is 9.23 Å². The highest BCUT2D eigenvalue weighted by Gasteiger charge is 2.20. The van der Waals surface area contributed by atoms with Crippen molar-refractivity contribution in [1.29, 1.82) is 0 Å². The summed E-state index contributed by atoms with van der Waals surface area (Å²) in [5.41, 5.74) is 4.17. The Morgan fingerprint density at radius 3 is 3.12 bits per heavy atom. The van der Waals surface area contributed by atoms with Gasteiger partial charge in [-0.2, -0.15) is 0 Å². The van der Waals surface area contributed by atoms with E-state index >= 15 is 0 Å². The Balaban J connectivity index is 2.08. The summed E-state index contributed by atoms with van der Waals surface area (Å²) in [4.78, 5) is 0. The van der Waals surface area contributed by atoms with E-state index in [4.69, 9.17) is 16.3 Å². The lowest BCUT2D eigenvalue weighted by Gasteiger charge is -2.26. The minimum absolute atomic E-state index is 0.228. The van der Waals surface area contributed by atoms with Crippen LogP contribution in [0.4, 0.5) is 0 Å². The van der Waals surface area contributed by atoms with Crippen LogP contribution in [0.25, 0.3) is 0 Å². The molecule has 17 heavy (non-hydrogen) atoms. The maximum atomic E-state index is 5.88. The van der Waals surface area contributed by atoms with Gasteiger partial charge in [0.2, 0.25) is 0 Å². The van der Waals surface area contributed by atoms with Gasteiger partial charge in [0, 0.05) is 5.88 Å². The minimum Gasteiger partial charge on any atom is -0.373 e. The van der Waals surface area contributed by atoms with Gasteiger partial charge in [-0.15, -0.1) is 11.6 Å². The third-order valence-electron chi connectivity index (χ3n) is 3.20. The minimum atomic E-state index is 0.228. The number of ether oxygens (including phenoxy) is 1. The summed E-state index contributed by atoms with van der Waals surface area (Å²) in [5, 5.41) is 0. The molecule has 0 saturated heterocycles. The zero-order valence-corrected chi connectivity index (χ0v) is 11.0. The fourth-order valence-electron chi connectivity index (χ4n) is 2.32. The number of benzene rings is 1. The summed E-state index contributed by atoms with van der Waals surface area (Å²) in [5.74, 6) is 0.694. The number of rotatable bonds is 4. The first-order chi connectivity index (χ1) is 8.31. The number of fused-ring (bicyclic) bond motifs is 1. The number of halogens is 1. The summed E-state index contributed by atoms with van der Waals surface area (Å²) in [7, 11) is 0. The lowest BCUT2D eigenvalue weighted by atomic mass is 9.93. The number of hydrogen-bond acceptors (Lipinski definition) is 1. The molecule has 0 aromatic heterocycles. The molecular weight excluding hydrogens is 232 g/mol. The monoisotopic (exact) mass is 250 g/mol. The third kappa shape index (κ3) is 3.34. The second-order valence-electron chi connectivity index (χ2n) is 4.54. The lowest BCUT2D eigenvalue weighted by molar-refractivity contribution is 0.0427. The van der Waals surface area contributed by atoms with Crippen LogP contribution in [-0.2, 0) is 11.2 Å². The van der Waals surface area contributed by atoms with Crippen molar-refractivity contribution in [1.82, 2.24) is 0 Å². The van der Waals surface area contributed by atoms with E-state index in [1.54, 1.807) is 0 Å². The van der Waals surface area contributed by atoms with Gasteiger partial charge < -0.3 is 4.74 Å². The first-order valence-corrected chi connectivity index (χ1v) is 6.75. The summed E-state index contributed by atoms with van der Waals surface area (Å²) in [6.45, 7) is 3.00. The molecule has 0 spiro atoms. The molecule has 0 aliphatic carbocycles. The van der Waals surface area contributed by atoms with E-state index in [-0.39, 0.29) is 6.10 Å². The van der Waals surface area contributed by atoms with E-state index in [1.165, 1.54) is 16.7 Å². The van der Waals surface area contributed by atoms with Crippen molar-refractivity contribution in [3.63, 3.8) is 0 Å². The molecule has 0 radical (unpaired) electrons. The van der Waals surface area contributed by atoms with E-state index in [1.807, 2.05) is 0 Å². The van der Waals surface area contributed by atoms with Crippen LogP contribution < -0.4 is 0 Å². The lowest BCUT2D eigenvalue weighted by Crippen LogP contribution is -2.16. The summed E-state index contributed by atoms with van der Waals surface area (Å²) in [6.07, 6.45) is 5.41. The molecule has 1 aromatic rings. The van der Waals surface area contributed by atoms with Gasteiger partial charge in [0.25, 0.3) is 0 Å². The van der Waals surface area contributed by atoms with E-state index < -0.39 is 0 Å². The summed E-state index contributed by atoms with van der Waals surface area (Å²) < 4.78 is 5.88. The average Bonchev–Trinajstić information content (AvgIpc) is 2.37. The van der Waals surface area contributed by atoms with Gasteiger partial charge >= 0.3 is 0 Å². The number of hydrogen-bond donors (Lipinski definition) is 0. The van der Waals surface area contributed by atoms with Gasteiger partial charge in [-0.25, -0.2) is 0 Å². The highest BCUT2D eigenvalue weighted by molar-refractivity contribution is 6.17. The Bertz CT molecular complexity index is 398. The van der Waals surface area contributed by atoms with Crippen LogP contribution in [0.2, 0.25) is 0 Å². The standard InChI is InChI=1S/C15H19ClO/c1-12(5-4-9-16)11-15-14-7-3-2-6-13(14)8-10-17-15/h2-3,5-7,15H,4,8-11H2,1H3. The van der Waals surface area contributed by atoms with Gasteiger partial charge in [0.05, 0.1) is 12.7 Å². The van der Waals surface area contributed by atoms with Crippen LogP contribution in [-0.4, -0.2) is 12.5 Å². The highest BCUT2D eigenvalue weighted by Crippen LogP contribution is 2.31. The molecule has 0 amide bonds. The molecule has 2 heteroatoms. The quantitative estimate of drug-likeness (QED) is 0.573. The van der Waals surface area contributed by atoms with Crippen molar-refractivity contribution < 1.29 is 4.74 Å². The van der Waals surface area contributed by atoms with E-state index in [0.29, 0.717) is 5.88 Å². The molecule has 0 saturated carbocycles. The zero-order valence-electron chi connectivity index (χ0n) is 10.3. The predicted molar refractivity (Wildman–Crippen MR) is 72.6 cm³/mol. The fourth-order valence-corrected chi connectivity index (χ4v) is 2.43. The van der Waals surface area contributed by atoms with Crippen LogP contribution >= 0.6 is 11.6 Å². The Labute approximate surface area is 108 Å². The Morgan fingerprint density at radius 2 is 2.29 bits per heavy atom. The molecule has 2 rings (SSSR count). The van der Waals surface area contributed by atoms with Crippen LogP contribution in [0.3, 0.4) is 0 Å². The average molecular weight is 251 g/mol. The van der Waals surface area contributed by atoms with Gasteiger partial charge in [0.15, 0.2) is 0 Å². The molecule has 0 N–H and O–H groups in total. The van der Waals surface area contributed by atoms with Crippen molar-refractivity contribution in [2.45, 2.75) is 32.3 Å². The Morgan fingerprint density at radius 1 is 1.47 bits per heavy atom. The molecule has 1 atom stereocenters. The molecule has 0 bridgehead atoms. The van der Waals surface area contributed by atoms with E-state index in [2.05, 4.69) is 37.3 Å². The third-order valence-corrected chi connectivity index (χ3v) is 3.42.